The molecule has 0 radical (unpaired) electrons. The van der Waals surface area contributed by atoms with Crippen molar-refractivity contribution < 1.29 is 4.48 Å². The van der Waals surface area contributed by atoms with Gasteiger partial charge >= 0.3 is 0 Å². The lowest BCUT2D eigenvalue weighted by atomic mass is 10.0. The summed E-state index contributed by atoms with van der Waals surface area (Å²) in [6, 6.07) is 7.39. The molecule has 0 fully saturated rings. The van der Waals surface area contributed by atoms with E-state index in [0.29, 0.717) is 11.6 Å². The minimum Gasteiger partial charge on any atom is -0.225 e. The van der Waals surface area contributed by atoms with E-state index in [4.69, 9.17) is 0 Å². The lowest BCUT2D eigenvalue weighted by molar-refractivity contribution is 0.617. The summed E-state index contributed by atoms with van der Waals surface area (Å²) >= 11 is 0. The van der Waals surface area contributed by atoms with Crippen molar-refractivity contribution in [1.29, 1.82) is 0 Å². The van der Waals surface area contributed by atoms with E-state index in [0.717, 1.165) is 6.42 Å². The van der Waals surface area contributed by atoms with Crippen LogP contribution in [0.5, 0.6) is 0 Å². The zero-order chi connectivity index (χ0) is 8.97. The zero-order valence-corrected chi connectivity index (χ0v) is 7.47. The van der Waals surface area contributed by atoms with E-state index in [-0.39, 0.29) is 0 Å². The van der Waals surface area contributed by atoms with Gasteiger partial charge in [0, 0.05) is 0 Å². The van der Waals surface area contributed by atoms with Gasteiger partial charge in [-0.3, -0.25) is 0 Å². The Hall–Kier alpha value is -1.05. The number of halogens is 1. The first-order chi connectivity index (χ1) is 5.72. The maximum absolute atomic E-state index is 11.9. The molecule has 0 bridgehead atoms. The fourth-order valence-corrected chi connectivity index (χ4v) is 1.18. The average molecular weight is 167 g/mol. The zero-order valence-electron chi connectivity index (χ0n) is 7.47. The molecule has 0 unspecified atom stereocenters. The molecule has 0 aliphatic heterocycles. The normalized spacial score (nSPS) is 10.3. The van der Waals surface area contributed by atoms with Crippen LogP contribution >= 0.6 is 0 Å². The molecule has 66 valence electrons. The Labute approximate surface area is 72.5 Å². The highest BCUT2D eigenvalue weighted by atomic mass is 19.2. The Morgan fingerprint density at radius 3 is 2.25 bits per heavy atom. The van der Waals surface area contributed by atoms with Crippen molar-refractivity contribution in [1.82, 2.24) is 0 Å². The molecule has 0 amide bonds. The quantitative estimate of drug-likeness (QED) is 0.682. The fraction of sp³-hybridized carbons (Fsp3) is 0.400. The highest BCUT2D eigenvalue weighted by molar-refractivity contribution is 5.42. The third kappa shape index (κ3) is 2.53. The van der Waals surface area contributed by atoms with Crippen molar-refractivity contribution in [3.05, 3.63) is 29.8 Å². The van der Waals surface area contributed by atoms with Gasteiger partial charge in [0.15, 0.2) is 0 Å². The van der Waals surface area contributed by atoms with E-state index in [1.807, 2.05) is 12.1 Å². The predicted octanol–water partition coefficient (Wildman–Crippen LogP) is 3.18. The summed E-state index contributed by atoms with van der Waals surface area (Å²) in [6.07, 6.45) is 1.05. The molecule has 1 aromatic rings. The Morgan fingerprint density at radius 1 is 1.25 bits per heavy atom. The van der Waals surface area contributed by atoms with Crippen LogP contribution in [0.3, 0.4) is 0 Å². The first-order valence-corrected chi connectivity index (χ1v) is 4.18. The molecule has 0 spiro atoms. The summed E-state index contributed by atoms with van der Waals surface area (Å²) < 4.78 is 11.9. The van der Waals surface area contributed by atoms with Gasteiger partial charge in [-0.1, -0.05) is 26.0 Å². The summed E-state index contributed by atoms with van der Waals surface area (Å²) in [5.41, 5.74) is 3.38. The number of nitrogens with one attached hydrogen (secondary N) is 1. The Kier molecular flexibility index (Phi) is 3.09. The standard InChI is InChI=1S/C10H14FN/c1-8(2)7-9-3-5-10(12-11)6-4-9/h3-6,8,12H,7H2,1-2H3. The third-order valence-corrected chi connectivity index (χ3v) is 1.71. The van der Waals surface area contributed by atoms with Crippen LogP contribution in [0.4, 0.5) is 10.2 Å². The molecular weight excluding hydrogens is 153 g/mol. The predicted molar refractivity (Wildman–Crippen MR) is 49.7 cm³/mol. The van der Waals surface area contributed by atoms with Crippen LogP contribution in [-0.4, -0.2) is 0 Å². The van der Waals surface area contributed by atoms with Crippen LogP contribution in [0.15, 0.2) is 24.3 Å². The highest BCUT2D eigenvalue weighted by Crippen LogP contribution is 2.12. The number of hydrogen-bond acceptors (Lipinski definition) is 1. The number of anilines is 1. The number of hydrogen-bond donors (Lipinski definition) is 1. The number of benzene rings is 1. The topological polar surface area (TPSA) is 12.0 Å². The molecule has 0 aliphatic carbocycles. The van der Waals surface area contributed by atoms with Crippen LogP contribution in [-0.2, 0) is 6.42 Å². The van der Waals surface area contributed by atoms with Gasteiger partial charge < -0.3 is 0 Å². The van der Waals surface area contributed by atoms with Gasteiger partial charge in [0.25, 0.3) is 0 Å². The fourth-order valence-electron chi connectivity index (χ4n) is 1.18. The SMILES string of the molecule is CC(C)Cc1ccc(NF)cc1. The second-order valence-corrected chi connectivity index (χ2v) is 3.39. The maximum atomic E-state index is 11.9. The van der Waals surface area contributed by atoms with Crippen molar-refractivity contribution in [3.8, 4) is 0 Å². The van der Waals surface area contributed by atoms with Crippen LogP contribution in [0.1, 0.15) is 19.4 Å². The summed E-state index contributed by atoms with van der Waals surface area (Å²) in [7, 11) is 0. The summed E-state index contributed by atoms with van der Waals surface area (Å²) in [5, 5.41) is 0. The summed E-state index contributed by atoms with van der Waals surface area (Å²) in [4.78, 5) is 0. The Balaban J connectivity index is 2.65. The molecule has 0 saturated carbocycles. The van der Waals surface area contributed by atoms with Gasteiger partial charge in [0.05, 0.1) is 5.69 Å². The van der Waals surface area contributed by atoms with E-state index in [1.54, 1.807) is 17.7 Å². The third-order valence-electron chi connectivity index (χ3n) is 1.71. The van der Waals surface area contributed by atoms with E-state index in [2.05, 4.69) is 13.8 Å². The molecule has 12 heavy (non-hydrogen) atoms. The summed E-state index contributed by atoms with van der Waals surface area (Å²) in [5.74, 6) is 0.647. The highest BCUT2D eigenvalue weighted by Gasteiger charge is 1.97. The van der Waals surface area contributed by atoms with Crippen molar-refractivity contribution in [3.63, 3.8) is 0 Å². The first kappa shape index (κ1) is 9.04. The van der Waals surface area contributed by atoms with Gasteiger partial charge in [0.1, 0.15) is 0 Å². The van der Waals surface area contributed by atoms with Gasteiger partial charge in [-0.25, -0.2) is 5.54 Å². The van der Waals surface area contributed by atoms with Gasteiger partial charge in [-0.15, -0.1) is 4.48 Å². The van der Waals surface area contributed by atoms with Crippen LogP contribution in [0, 0.1) is 5.92 Å². The minimum atomic E-state index is 0.516. The molecule has 2 heteroatoms. The van der Waals surface area contributed by atoms with Crippen molar-refractivity contribution in [2.75, 3.05) is 5.54 Å². The molecule has 1 N–H and O–H groups in total. The van der Waals surface area contributed by atoms with E-state index in [1.165, 1.54) is 5.56 Å². The van der Waals surface area contributed by atoms with Gasteiger partial charge in [0.2, 0.25) is 0 Å². The second kappa shape index (κ2) is 4.10. The molecule has 1 aromatic carbocycles. The van der Waals surface area contributed by atoms with Gasteiger partial charge in [-0.2, -0.15) is 0 Å². The lowest BCUT2D eigenvalue weighted by Crippen LogP contribution is -1.93. The second-order valence-electron chi connectivity index (χ2n) is 3.39. The molecule has 0 atom stereocenters. The van der Waals surface area contributed by atoms with Crippen LogP contribution in [0.25, 0.3) is 0 Å². The minimum absolute atomic E-state index is 0.516. The lowest BCUT2D eigenvalue weighted by Gasteiger charge is -2.04. The monoisotopic (exact) mass is 167 g/mol. The largest absolute Gasteiger partial charge is 0.225 e. The van der Waals surface area contributed by atoms with Crippen molar-refractivity contribution in [2.45, 2.75) is 20.3 Å². The van der Waals surface area contributed by atoms with E-state index < -0.39 is 0 Å². The van der Waals surface area contributed by atoms with E-state index >= 15 is 0 Å². The summed E-state index contributed by atoms with van der Waals surface area (Å²) in [6.45, 7) is 4.34. The molecule has 1 nitrogen and oxygen atoms in total. The smallest absolute Gasteiger partial charge is 0.0655 e. The molecule has 0 heterocycles. The van der Waals surface area contributed by atoms with E-state index in [9.17, 15) is 4.48 Å². The Morgan fingerprint density at radius 2 is 1.83 bits per heavy atom. The van der Waals surface area contributed by atoms with Gasteiger partial charge in [-0.05, 0) is 30.0 Å². The van der Waals surface area contributed by atoms with Crippen LogP contribution < -0.4 is 5.54 Å². The molecule has 1 rings (SSSR count). The molecule has 0 aliphatic rings. The van der Waals surface area contributed by atoms with Crippen molar-refractivity contribution in [2.24, 2.45) is 5.92 Å². The Bertz CT molecular complexity index is 228. The van der Waals surface area contributed by atoms with Crippen LogP contribution in [0.2, 0.25) is 0 Å². The molecular formula is C10H14FN. The molecule has 0 saturated heterocycles. The number of rotatable bonds is 3. The first-order valence-electron chi connectivity index (χ1n) is 4.18. The van der Waals surface area contributed by atoms with Crippen molar-refractivity contribution >= 4 is 5.69 Å². The maximum Gasteiger partial charge on any atom is 0.0655 e. The molecule has 0 aromatic heterocycles. The average Bonchev–Trinajstić information content (AvgIpc) is 2.05.